The van der Waals surface area contributed by atoms with Gasteiger partial charge in [0.2, 0.25) is 0 Å². The van der Waals surface area contributed by atoms with Crippen LogP contribution in [0.4, 0.5) is 0 Å². The molecule has 0 heterocycles. The molecule has 114 valence electrons. The summed E-state index contributed by atoms with van der Waals surface area (Å²) in [4.78, 5) is 11.6. The van der Waals surface area contributed by atoms with E-state index in [9.17, 15) is 13.2 Å². The van der Waals surface area contributed by atoms with Crippen LogP contribution in [-0.4, -0.2) is 65.5 Å². The predicted molar refractivity (Wildman–Crippen MR) is 73.0 cm³/mol. The van der Waals surface area contributed by atoms with Crippen molar-refractivity contribution in [2.75, 3.05) is 40.6 Å². The maximum atomic E-state index is 11.6. The van der Waals surface area contributed by atoms with E-state index in [0.29, 0.717) is 17.6 Å². The largest absolute Gasteiger partial charge is 0.465 e. The van der Waals surface area contributed by atoms with Gasteiger partial charge < -0.3 is 9.22 Å². The van der Waals surface area contributed by atoms with Crippen LogP contribution in [0.1, 0.15) is 20.3 Å². The lowest BCUT2D eigenvalue weighted by Crippen LogP contribution is -2.43. The Balaban J connectivity index is 4.54. The molecule has 0 aliphatic heterocycles. The van der Waals surface area contributed by atoms with Gasteiger partial charge in [-0.1, -0.05) is 13.8 Å². The molecule has 0 saturated carbocycles. The highest BCUT2D eigenvalue weighted by atomic mass is 32.2. The van der Waals surface area contributed by atoms with Crippen molar-refractivity contribution >= 4 is 16.1 Å². The van der Waals surface area contributed by atoms with Crippen LogP contribution < -0.4 is 0 Å². The van der Waals surface area contributed by atoms with E-state index < -0.39 is 22.2 Å². The van der Waals surface area contributed by atoms with Gasteiger partial charge >= 0.3 is 5.97 Å². The third-order valence-corrected chi connectivity index (χ3v) is 2.66. The average molecular weight is 296 g/mol. The van der Waals surface area contributed by atoms with E-state index in [4.69, 9.17) is 8.92 Å². The van der Waals surface area contributed by atoms with E-state index in [-0.39, 0.29) is 12.3 Å². The zero-order chi connectivity index (χ0) is 15.3. The molecule has 0 aliphatic rings. The fraction of sp³-hybridized carbons (Fsp3) is 0.917. The molecule has 0 aromatic heterocycles. The number of rotatable bonds is 8. The van der Waals surface area contributed by atoms with Gasteiger partial charge in [0.15, 0.2) is 0 Å². The quantitative estimate of drug-likeness (QED) is 0.373. The number of hydrogen-bond donors (Lipinski definition) is 0. The van der Waals surface area contributed by atoms with Crippen molar-refractivity contribution in [2.45, 2.75) is 26.4 Å². The number of hydrogen-bond acceptors (Lipinski definition) is 5. The van der Waals surface area contributed by atoms with Crippen LogP contribution in [0.2, 0.25) is 0 Å². The summed E-state index contributed by atoms with van der Waals surface area (Å²) < 4.78 is 32.9. The molecule has 1 atom stereocenters. The maximum Gasteiger partial charge on any atom is 0.308 e. The average Bonchev–Trinajstić information content (AvgIpc) is 2.08. The molecule has 0 rings (SSSR count). The van der Waals surface area contributed by atoms with Crippen molar-refractivity contribution in [3.63, 3.8) is 0 Å². The topological polar surface area (TPSA) is 69.7 Å². The van der Waals surface area contributed by atoms with Crippen LogP contribution in [-0.2, 0) is 23.8 Å². The number of likely N-dealkylation sites (N-methyl/N-ethyl adjacent to an activating group) is 1. The Morgan fingerprint density at radius 2 is 1.74 bits per heavy atom. The van der Waals surface area contributed by atoms with E-state index in [2.05, 4.69) is 0 Å². The van der Waals surface area contributed by atoms with Crippen LogP contribution in [0.5, 0.6) is 0 Å². The lowest BCUT2D eigenvalue weighted by molar-refractivity contribution is -0.873. The van der Waals surface area contributed by atoms with Gasteiger partial charge in [-0.25, -0.2) is 0 Å². The number of esters is 1. The van der Waals surface area contributed by atoms with Gasteiger partial charge in [-0.15, -0.1) is 0 Å². The zero-order valence-electron chi connectivity index (χ0n) is 12.7. The molecule has 0 amide bonds. The molecule has 0 bridgehead atoms. The van der Waals surface area contributed by atoms with Crippen molar-refractivity contribution in [1.82, 2.24) is 0 Å². The predicted octanol–water partition coefficient (Wildman–Crippen LogP) is 0.627. The minimum atomic E-state index is -3.59. The summed E-state index contributed by atoms with van der Waals surface area (Å²) in [5, 5.41) is 0. The highest BCUT2D eigenvalue weighted by Gasteiger charge is 2.26. The van der Waals surface area contributed by atoms with Crippen LogP contribution in [0.25, 0.3) is 0 Å². The Morgan fingerprint density at radius 1 is 1.21 bits per heavy atom. The van der Waals surface area contributed by atoms with Gasteiger partial charge in [-0.3, -0.25) is 8.98 Å². The molecule has 6 nitrogen and oxygen atoms in total. The van der Waals surface area contributed by atoms with Crippen molar-refractivity contribution in [3.05, 3.63) is 0 Å². The summed E-state index contributed by atoms with van der Waals surface area (Å²) in [5.41, 5.74) is 0. The number of nitrogens with zero attached hydrogens (tertiary/aromatic N) is 1. The normalized spacial score (nSPS) is 14.5. The standard InChI is InChI=1S/C12H26NO5S/c1-10(2)9-17-12(14)7-11(8-13(3,4)5)18-19(6,15)16/h10-11H,7-9H2,1-6H3/q+1. The van der Waals surface area contributed by atoms with Gasteiger partial charge in [0.25, 0.3) is 10.1 Å². The number of ether oxygens (including phenoxy) is 1. The van der Waals surface area contributed by atoms with E-state index in [0.717, 1.165) is 6.26 Å². The SMILES string of the molecule is CC(C)COC(=O)CC(C[N+](C)(C)C)OS(C)(=O)=O. The third-order valence-electron chi connectivity index (χ3n) is 2.03. The second-order valence-electron chi connectivity index (χ2n) is 6.18. The maximum absolute atomic E-state index is 11.6. The molecule has 0 aromatic carbocycles. The summed E-state index contributed by atoms with van der Waals surface area (Å²) in [5.74, 6) is -0.188. The van der Waals surface area contributed by atoms with E-state index in [1.807, 2.05) is 35.0 Å². The highest BCUT2D eigenvalue weighted by molar-refractivity contribution is 7.86. The Kier molecular flexibility index (Phi) is 6.96. The van der Waals surface area contributed by atoms with Crippen LogP contribution in [0.3, 0.4) is 0 Å². The molecular formula is C12H26NO5S+. The minimum absolute atomic E-state index is 0.0602. The molecule has 0 radical (unpaired) electrons. The summed E-state index contributed by atoms with van der Waals surface area (Å²) in [7, 11) is 2.11. The summed E-state index contributed by atoms with van der Waals surface area (Å²) >= 11 is 0. The van der Waals surface area contributed by atoms with Crippen LogP contribution in [0.15, 0.2) is 0 Å². The smallest absolute Gasteiger partial charge is 0.308 e. The highest BCUT2D eigenvalue weighted by Crippen LogP contribution is 2.09. The molecule has 19 heavy (non-hydrogen) atoms. The molecule has 1 unspecified atom stereocenters. The first-order chi connectivity index (χ1) is 8.39. The summed E-state index contributed by atoms with van der Waals surface area (Å²) in [6, 6.07) is 0. The fourth-order valence-corrected chi connectivity index (χ4v) is 2.11. The molecule has 0 aliphatic carbocycles. The number of carbonyl (C=O) groups is 1. The first-order valence-electron chi connectivity index (χ1n) is 6.23. The van der Waals surface area contributed by atoms with Gasteiger partial charge in [0.05, 0.1) is 40.4 Å². The van der Waals surface area contributed by atoms with Gasteiger partial charge in [0.1, 0.15) is 12.6 Å². The minimum Gasteiger partial charge on any atom is -0.465 e. The van der Waals surface area contributed by atoms with Crippen molar-refractivity contribution < 1.29 is 26.6 Å². The van der Waals surface area contributed by atoms with E-state index in [1.165, 1.54) is 0 Å². The third kappa shape index (κ3) is 12.1. The molecule has 0 N–H and O–H groups in total. The number of carbonyl (C=O) groups excluding carboxylic acids is 1. The molecular weight excluding hydrogens is 270 g/mol. The summed E-state index contributed by atoms with van der Waals surface area (Å²) in [6.07, 6.45) is 0.222. The van der Waals surface area contributed by atoms with Crippen molar-refractivity contribution in [2.24, 2.45) is 5.92 Å². The van der Waals surface area contributed by atoms with Gasteiger partial charge in [0, 0.05) is 0 Å². The number of quaternary nitrogens is 1. The van der Waals surface area contributed by atoms with Crippen molar-refractivity contribution in [1.29, 1.82) is 0 Å². The Bertz CT molecular complexity index is 383. The van der Waals surface area contributed by atoms with Crippen molar-refractivity contribution in [3.8, 4) is 0 Å². The Hall–Kier alpha value is -0.660. The lowest BCUT2D eigenvalue weighted by Gasteiger charge is -2.28. The van der Waals surface area contributed by atoms with E-state index in [1.54, 1.807) is 0 Å². The zero-order valence-corrected chi connectivity index (χ0v) is 13.5. The second kappa shape index (κ2) is 7.21. The van der Waals surface area contributed by atoms with Gasteiger partial charge in [-0.05, 0) is 5.92 Å². The van der Waals surface area contributed by atoms with E-state index >= 15 is 0 Å². The molecule has 0 saturated heterocycles. The second-order valence-corrected chi connectivity index (χ2v) is 7.78. The molecule has 0 spiro atoms. The Labute approximate surface area is 116 Å². The summed E-state index contributed by atoms with van der Waals surface area (Å²) in [6.45, 7) is 4.60. The fourth-order valence-electron chi connectivity index (χ4n) is 1.49. The monoisotopic (exact) mass is 296 g/mol. The lowest BCUT2D eigenvalue weighted by atomic mass is 10.2. The Morgan fingerprint density at radius 3 is 2.11 bits per heavy atom. The first kappa shape index (κ1) is 18.3. The van der Waals surface area contributed by atoms with Gasteiger partial charge in [-0.2, -0.15) is 8.42 Å². The molecule has 0 aromatic rings. The first-order valence-corrected chi connectivity index (χ1v) is 8.05. The van der Waals surface area contributed by atoms with Crippen LogP contribution in [0, 0.1) is 5.92 Å². The molecule has 7 heteroatoms. The van der Waals surface area contributed by atoms with Crippen LogP contribution >= 0.6 is 0 Å². The molecule has 0 fully saturated rings.